The fourth-order valence-electron chi connectivity index (χ4n) is 2.96. The van der Waals surface area contributed by atoms with Crippen LogP contribution in [0.3, 0.4) is 0 Å². The minimum Gasteiger partial charge on any atom is -0.497 e. The summed E-state index contributed by atoms with van der Waals surface area (Å²) in [5.74, 6) is 0.141. The van der Waals surface area contributed by atoms with E-state index < -0.39 is 17.6 Å². The molecule has 0 bridgehead atoms. The van der Waals surface area contributed by atoms with Gasteiger partial charge in [-0.25, -0.2) is 0 Å². The van der Waals surface area contributed by atoms with Crippen LogP contribution in [-0.2, 0) is 11.0 Å². The Morgan fingerprint density at radius 1 is 1.00 bits per heavy atom. The van der Waals surface area contributed by atoms with E-state index in [-0.39, 0.29) is 28.1 Å². The lowest BCUT2D eigenvalue weighted by Gasteiger charge is -2.15. The average molecular weight is 476 g/mol. The van der Waals surface area contributed by atoms with Crippen molar-refractivity contribution in [1.82, 2.24) is 0 Å². The van der Waals surface area contributed by atoms with Gasteiger partial charge in [-0.15, -0.1) is 11.3 Å². The first-order valence-corrected chi connectivity index (χ1v) is 10.8. The van der Waals surface area contributed by atoms with E-state index in [2.05, 4.69) is 10.6 Å². The lowest BCUT2D eigenvalue weighted by atomic mass is 10.1. The van der Waals surface area contributed by atoms with Crippen LogP contribution in [0.5, 0.6) is 17.2 Å². The van der Waals surface area contributed by atoms with Gasteiger partial charge in [0.15, 0.2) is 5.75 Å². The van der Waals surface area contributed by atoms with Crippen molar-refractivity contribution >= 4 is 33.8 Å². The van der Waals surface area contributed by atoms with E-state index in [0.29, 0.717) is 16.5 Å². The normalized spacial score (nSPS) is 13.3. The van der Waals surface area contributed by atoms with Crippen molar-refractivity contribution in [2.45, 2.75) is 19.0 Å². The number of anilines is 2. The molecule has 0 unspecified atom stereocenters. The highest BCUT2D eigenvalue weighted by Crippen LogP contribution is 2.38. The summed E-state index contributed by atoms with van der Waals surface area (Å²) in [6.07, 6.45) is -2.91. The second-order valence-corrected chi connectivity index (χ2v) is 8.46. The van der Waals surface area contributed by atoms with Crippen molar-refractivity contribution in [3.8, 4) is 17.2 Å². The van der Waals surface area contributed by atoms with Crippen molar-refractivity contribution in [2.24, 2.45) is 5.92 Å². The second kappa shape index (κ2) is 9.14. The predicted molar refractivity (Wildman–Crippen MR) is 118 cm³/mol. The Balaban J connectivity index is 1.57. The Kier molecular flexibility index (Phi) is 6.28. The monoisotopic (exact) mass is 476 g/mol. The Bertz CT molecular complexity index is 1190. The maximum Gasteiger partial charge on any atom is 0.416 e. The molecule has 1 heterocycles. The summed E-state index contributed by atoms with van der Waals surface area (Å²) < 4.78 is 50.7. The third kappa shape index (κ3) is 5.64. The summed E-state index contributed by atoms with van der Waals surface area (Å²) >= 11 is 1.03. The third-order valence-corrected chi connectivity index (χ3v) is 5.85. The lowest BCUT2D eigenvalue weighted by Crippen LogP contribution is -2.13. The molecule has 1 aromatic heterocycles. The molecule has 0 radical (unpaired) electrons. The van der Waals surface area contributed by atoms with Crippen molar-refractivity contribution in [3.05, 3.63) is 65.0 Å². The van der Waals surface area contributed by atoms with Crippen LogP contribution in [-0.4, -0.2) is 18.9 Å². The van der Waals surface area contributed by atoms with Gasteiger partial charge in [-0.1, -0.05) is 6.07 Å². The molecule has 1 saturated carbocycles. The first-order chi connectivity index (χ1) is 15.7. The highest BCUT2D eigenvalue weighted by Gasteiger charge is 2.32. The Morgan fingerprint density at radius 3 is 2.45 bits per heavy atom. The number of nitrogens with one attached hydrogen (secondary N) is 2. The summed E-state index contributed by atoms with van der Waals surface area (Å²) in [5, 5.41) is 5.73. The van der Waals surface area contributed by atoms with E-state index in [1.54, 1.807) is 30.3 Å². The largest absolute Gasteiger partial charge is 0.497 e. The van der Waals surface area contributed by atoms with Gasteiger partial charge in [-0.2, -0.15) is 13.2 Å². The van der Waals surface area contributed by atoms with Crippen LogP contribution in [0.15, 0.2) is 54.6 Å². The molecule has 1 aliphatic rings. The average Bonchev–Trinajstić information content (AvgIpc) is 3.53. The standard InChI is InChI=1S/C23H19F3N2O4S/c1-31-15-3-2-4-16(12-15)32-18-8-7-14(23(24,25)26)11-17(18)27-22(30)19-9-10-20(33-19)28-21(29)13-5-6-13/h2-4,7-13H,5-6H2,1H3,(H,27,30)(H,28,29). The maximum atomic E-state index is 13.3. The molecule has 2 aromatic carbocycles. The molecule has 0 atom stereocenters. The van der Waals surface area contributed by atoms with Crippen LogP contribution in [0.25, 0.3) is 0 Å². The van der Waals surface area contributed by atoms with Crippen LogP contribution < -0.4 is 20.1 Å². The fourth-order valence-corrected chi connectivity index (χ4v) is 3.77. The van der Waals surface area contributed by atoms with Crippen molar-refractivity contribution in [1.29, 1.82) is 0 Å². The summed E-state index contributed by atoms with van der Waals surface area (Å²) in [7, 11) is 1.48. The van der Waals surface area contributed by atoms with Gasteiger partial charge >= 0.3 is 6.18 Å². The molecule has 3 aromatic rings. The zero-order valence-electron chi connectivity index (χ0n) is 17.4. The van der Waals surface area contributed by atoms with E-state index in [1.807, 2.05) is 0 Å². The molecular weight excluding hydrogens is 457 g/mol. The molecule has 6 nitrogen and oxygen atoms in total. The minimum atomic E-state index is -4.60. The Morgan fingerprint density at radius 2 is 1.76 bits per heavy atom. The van der Waals surface area contributed by atoms with Gasteiger partial charge in [0, 0.05) is 12.0 Å². The van der Waals surface area contributed by atoms with Crippen molar-refractivity contribution in [3.63, 3.8) is 0 Å². The van der Waals surface area contributed by atoms with Crippen LogP contribution >= 0.6 is 11.3 Å². The molecule has 1 fully saturated rings. The van der Waals surface area contributed by atoms with Crippen molar-refractivity contribution in [2.75, 3.05) is 17.7 Å². The van der Waals surface area contributed by atoms with Gasteiger partial charge in [0.1, 0.15) is 11.5 Å². The van der Waals surface area contributed by atoms with Gasteiger partial charge in [-0.05, 0) is 55.3 Å². The molecule has 33 heavy (non-hydrogen) atoms. The third-order valence-electron chi connectivity index (χ3n) is 4.85. The lowest BCUT2D eigenvalue weighted by molar-refractivity contribution is -0.137. The molecular formula is C23H19F3N2O4S. The zero-order valence-corrected chi connectivity index (χ0v) is 18.2. The SMILES string of the molecule is COc1cccc(Oc2ccc(C(F)(F)F)cc2NC(=O)c2ccc(NC(=O)C3CC3)s2)c1. The summed E-state index contributed by atoms with van der Waals surface area (Å²) in [4.78, 5) is 24.9. The Labute approximate surface area is 191 Å². The maximum absolute atomic E-state index is 13.3. The summed E-state index contributed by atoms with van der Waals surface area (Å²) in [5.41, 5.74) is -1.08. The highest BCUT2D eigenvalue weighted by molar-refractivity contribution is 7.18. The number of halogens is 3. The fraction of sp³-hybridized carbons (Fsp3) is 0.217. The topological polar surface area (TPSA) is 76.7 Å². The number of thiophene rings is 1. The number of ether oxygens (including phenoxy) is 2. The number of carbonyl (C=O) groups is 2. The molecule has 2 amide bonds. The van der Waals surface area contributed by atoms with Crippen LogP contribution in [0.2, 0.25) is 0 Å². The predicted octanol–water partition coefficient (Wildman–Crippen LogP) is 6.17. The molecule has 4 rings (SSSR count). The van der Waals surface area contributed by atoms with Gasteiger partial charge in [0.05, 0.1) is 28.2 Å². The molecule has 0 saturated heterocycles. The Hall–Kier alpha value is -3.53. The molecule has 172 valence electrons. The van der Waals surface area contributed by atoms with Crippen molar-refractivity contribution < 1.29 is 32.2 Å². The quantitative estimate of drug-likeness (QED) is 0.428. The number of alkyl halides is 3. The number of methoxy groups -OCH3 is 1. The van der Waals surface area contributed by atoms with E-state index >= 15 is 0 Å². The minimum absolute atomic E-state index is 0.00537. The first-order valence-electron chi connectivity index (χ1n) is 9.98. The summed E-state index contributed by atoms with van der Waals surface area (Å²) in [6.45, 7) is 0. The van der Waals surface area contributed by atoms with Gasteiger partial charge in [-0.3, -0.25) is 9.59 Å². The smallest absolute Gasteiger partial charge is 0.416 e. The number of hydrogen-bond acceptors (Lipinski definition) is 5. The number of benzene rings is 2. The van der Waals surface area contributed by atoms with E-state index in [4.69, 9.17) is 9.47 Å². The van der Waals surface area contributed by atoms with Gasteiger partial charge in [0.2, 0.25) is 5.91 Å². The molecule has 1 aliphatic carbocycles. The zero-order chi connectivity index (χ0) is 23.6. The number of hydrogen-bond donors (Lipinski definition) is 2. The van der Waals surface area contributed by atoms with Gasteiger partial charge in [0.25, 0.3) is 5.91 Å². The summed E-state index contributed by atoms with van der Waals surface area (Å²) in [6, 6.07) is 12.5. The van der Waals surface area contributed by atoms with Crippen LogP contribution in [0.4, 0.5) is 23.9 Å². The van der Waals surface area contributed by atoms with Gasteiger partial charge < -0.3 is 20.1 Å². The van der Waals surface area contributed by atoms with Crippen LogP contribution in [0.1, 0.15) is 28.1 Å². The molecule has 10 heteroatoms. The van der Waals surface area contributed by atoms with E-state index in [0.717, 1.165) is 42.4 Å². The first kappa shape index (κ1) is 22.7. The number of rotatable bonds is 7. The van der Waals surface area contributed by atoms with E-state index in [9.17, 15) is 22.8 Å². The molecule has 0 spiro atoms. The van der Waals surface area contributed by atoms with Crippen LogP contribution in [0, 0.1) is 5.92 Å². The molecule has 0 aliphatic heterocycles. The van der Waals surface area contributed by atoms with E-state index in [1.165, 1.54) is 13.2 Å². The second-order valence-electron chi connectivity index (χ2n) is 7.37. The number of carbonyl (C=O) groups excluding carboxylic acids is 2. The highest BCUT2D eigenvalue weighted by atomic mass is 32.1. The number of amides is 2. The molecule has 2 N–H and O–H groups in total.